The summed E-state index contributed by atoms with van der Waals surface area (Å²) in [6, 6.07) is 2.46. The largest absolute Gasteiger partial charge is 0.391 e. The van der Waals surface area contributed by atoms with Gasteiger partial charge in [0.25, 0.3) is 0 Å². The Morgan fingerprint density at radius 2 is 2.14 bits per heavy atom. The third-order valence-electron chi connectivity index (χ3n) is 3.08. The van der Waals surface area contributed by atoms with Gasteiger partial charge in [-0.2, -0.15) is 5.26 Å². The van der Waals surface area contributed by atoms with Crippen molar-refractivity contribution in [1.29, 1.82) is 5.26 Å². The standard InChI is InChI=1S/C11H20N2O/c1-2-13(9-5-8-12)10-6-3-4-7-11(10)14/h10-11,14H,2-7,9H2,1H3/t10-,11-/m1/s1. The Balaban J connectivity index is 2.45. The molecule has 1 aliphatic rings. The molecule has 0 aromatic carbocycles. The SMILES string of the molecule is CCN(CCC#N)[C@@H]1CCCC[C@H]1O. The number of rotatable bonds is 4. The summed E-state index contributed by atoms with van der Waals surface area (Å²) in [7, 11) is 0. The third-order valence-corrected chi connectivity index (χ3v) is 3.08. The summed E-state index contributed by atoms with van der Waals surface area (Å²) in [5.41, 5.74) is 0. The molecule has 1 rings (SSSR count). The van der Waals surface area contributed by atoms with Crippen LogP contribution in [0.4, 0.5) is 0 Å². The molecule has 0 radical (unpaired) electrons. The van der Waals surface area contributed by atoms with Gasteiger partial charge in [-0.3, -0.25) is 4.90 Å². The molecule has 1 fully saturated rings. The molecule has 0 saturated heterocycles. The average molecular weight is 196 g/mol. The third kappa shape index (κ3) is 2.97. The number of nitrogens with zero attached hydrogens (tertiary/aromatic N) is 2. The van der Waals surface area contributed by atoms with E-state index in [2.05, 4.69) is 17.9 Å². The van der Waals surface area contributed by atoms with Gasteiger partial charge in [-0.1, -0.05) is 19.8 Å². The molecule has 0 spiro atoms. The molecular weight excluding hydrogens is 176 g/mol. The van der Waals surface area contributed by atoms with E-state index in [0.717, 1.165) is 32.4 Å². The molecule has 1 saturated carbocycles. The van der Waals surface area contributed by atoms with E-state index in [9.17, 15) is 5.11 Å². The Bertz CT molecular complexity index is 200. The van der Waals surface area contributed by atoms with E-state index in [-0.39, 0.29) is 6.10 Å². The van der Waals surface area contributed by atoms with Crippen molar-refractivity contribution in [3.05, 3.63) is 0 Å². The molecule has 0 unspecified atom stereocenters. The Labute approximate surface area is 86.3 Å². The van der Waals surface area contributed by atoms with Crippen LogP contribution in [0.3, 0.4) is 0 Å². The van der Waals surface area contributed by atoms with Crippen LogP contribution in [0, 0.1) is 11.3 Å². The zero-order valence-corrected chi connectivity index (χ0v) is 8.95. The lowest BCUT2D eigenvalue weighted by molar-refractivity contribution is 0.0231. The van der Waals surface area contributed by atoms with Crippen LogP contribution in [0.15, 0.2) is 0 Å². The van der Waals surface area contributed by atoms with Gasteiger partial charge in [-0.15, -0.1) is 0 Å². The molecule has 0 amide bonds. The Hall–Kier alpha value is -0.590. The molecule has 0 aliphatic heterocycles. The first kappa shape index (κ1) is 11.5. The van der Waals surface area contributed by atoms with Crippen molar-refractivity contribution in [3.8, 4) is 6.07 Å². The summed E-state index contributed by atoms with van der Waals surface area (Å²) in [5, 5.41) is 18.4. The second-order valence-corrected chi connectivity index (χ2v) is 3.96. The van der Waals surface area contributed by atoms with Gasteiger partial charge in [-0.05, 0) is 19.4 Å². The van der Waals surface area contributed by atoms with Gasteiger partial charge in [0, 0.05) is 19.0 Å². The number of aliphatic hydroxyl groups excluding tert-OH is 1. The molecule has 0 bridgehead atoms. The molecule has 80 valence electrons. The van der Waals surface area contributed by atoms with Gasteiger partial charge >= 0.3 is 0 Å². The minimum absolute atomic E-state index is 0.178. The Kier molecular flexibility index (Phi) is 4.92. The molecule has 14 heavy (non-hydrogen) atoms. The van der Waals surface area contributed by atoms with Crippen LogP contribution in [0.25, 0.3) is 0 Å². The van der Waals surface area contributed by atoms with Crippen molar-refractivity contribution >= 4 is 0 Å². The van der Waals surface area contributed by atoms with Gasteiger partial charge in [0.2, 0.25) is 0 Å². The highest BCUT2D eigenvalue weighted by Gasteiger charge is 2.27. The first-order valence-electron chi connectivity index (χ1n) is 5.58. The van der Waals surface area contributed by atoms with Crippen LogP contribution in [0.1, 0.15) is 39.0 Å². The quantitative estimate of drug-likeness (QED) is 0.741. The fourth-order valence-corrected chi connectivity index (χ4v) is 2.27. The summed E-state index contributed by atoms with van der Waals surface area (Å²) in [6.45, 7) is 3.83. The summed E-state index contributed by atoms with van der Waals surface area (Å²) in [5.74, 6) is 0. The number of likely N-dealkylation sites (N-methyl/N-ethyl adjacent to an activating group) is 1. The fraction of sp³-hybridized carbons (Fsp3) is 0.909. The Morgan fingerprint density at radius 3 is 2.71 bits per heavy atom. The van der Waals surface area contributed by atoms with Crippen LogP contribution >= 0.6 is 0 Å². The Morgan fingerprint density at radius 1 is 1.43 bits per heavy atom. The van der Waals surface area contributed by atoms with E-state index >= 15 is 0 Å². The molecule has 1 N–H and O–H groups in total. The van der Waals surface area contributed by atoms with Gasteiger partial charge < -0.3 is 5.11 Å². The maximum Gasteiger partial charge on any atom is 0.0695 e. The number of nitriles is 1. The lowest BCUT2D eigenvalue weighted by Crippen LogP contribution is -2.45. The van der Waals surface area contributed by atoms with Crippen LogP contribution in [0.5, 0.6) is 0 Å². The zero-order chi connectivity index (χ0) is 10.4. The molecule has 2 atom stereocenters. The van der Waals surface area contributed by atoms with Crippen molar-refractivity contribution in [1.82, 2.24) is 4.90 Å². The van der Waals surface area contributed by atoms with E-state index in [1.54, 1.807) is 0 Å². The topological polar surface area (TPSA) is 47.3 Å². The smallest absolute Gasteiger partial charge is 0.0695 e. The van der Waals surface area contributed by atoms with E-state index < -0.39 is 0 Å². The lowest BCUT2D eigenvalue weighted by atomic mass is 9.91. The lowest BCUT2D eigenvalue weighted by Gasteiger charge is -2.36. The van der Waals surface area contributed by atoms with Crippen molar-refractivity contribution in [2.45, 2.75) is 51.2 Å². The molecule has 0 heterocycles. The molecule has 0 aromatic heterocycles. The van der Waals surface area contributed by atoms with Crippen molar-refractivity contribution in [3.63, 3.8) is 0 Å². The zero-order valence-electron chi connectivity index (χ0n) is 8.95. The summed E-state index contributed by atoms with van der Waals surface area (Å²) < 4.78 is 0. The number of hydrogen-bond donors (Lipinski definition) is 1. The molecule has 0 aromatic rings. The second-order valence-electron chi connectivity index (χ2n) is 3.96. The number of aliphatic hydroxyl groups is 1. The minimum atomic E-state index is -0.178. The van der Waals surface area contributed by atoms with Crippen molar-refractivity contribution < 1.29 is 5.11 Å². The molecule has 1 aliphatic carbocycles. The van der Waals surface area contributed by atoms with Gasteiger partial charge in [-0.25, -0.2) is 0 Å². The normalized spacial score (nSPS) is 27.6. The second kappa shape index (κ2) is 6.00. The molecule has 3 heteroatoms. The van der Waals surface area contributed by atoms with Crippen LogP contribution in [-0.4, -0.2) is 35.2 Å². The highest BCUT2D eigenvalue weighted by Crippen LogP contribution is 2.23. The summed E-state index contributed by atoms with van der Waals surface area (Å²) in [4.78, 5) is 2.24. The maximum atomic E-state index is 9.85. The van der Waals surface area contributed by atoms with Gasteiger partial charge in [0.1, 0.15) is 0 Å². The van der Waals surface area contributed by atoms with E-state index in [1.165, 1.54) is 6.42 Å². The maximum absolute atomic E-state index is 9.85. The first-order chi connectivity index (χ1) is 6.79. The van der Waals surface area contributed by atoms with E-state index in [1.807, 2.05) is 0 Å². The minimum Gasteiger partial charge on any atom is -0.391 e. The number of hydrogen-bond acceptors (Lipinski definition) is 3. The van der Waals surface area contributed by atoms with Crippen LogP contribution in [-0.2, 0) is 0 Å². The average Bonchev–Trinajstić information content (AvgIpc) is 2.21. The van der Waals surface area contributed by atoms with E-state index in [4.69, 9.17) is 5.26 Å². The van der Waals surface area contributed by atoms with Crippen molar-refractivity contribution in [2.24, 2.45) is 0 Å². The summed E-state index contributed by atoms with van der Waals surface area (Å²) in [6.07, 6.45) is 4.76. The highest BCUT2D eigenvalue weighted by atomic mass is 16.3. The fourth-order valence-electron chi connectivity index (χ4n) is 2.27. The molecular formula is C11H20N2O. The predicted molar refractivity (Wildman–Crippen MR) is 55.7 cm³/mol. The van der Waals surface area contributed by atoms with E-state index in [0.29, 0.717) is 12.5 Å². The van der Waals surface area contributed by atoms with Crippen LogP contribution in [0.2, 0.25) is 0 Å². The molecule has 3 nitrogen and oxygen atoms in total. The van der Waals surface area contributed by atoms with Gasteiger partial charge in [0.05, 0.1) is 12.2 Å². The van der Waals surface area contributed by atoms with Gasteiger partial charge in [0.15, 0.2) is 0 Å². The summed E-state index contributed by atoms with van der Waals surface area (Å²) >= 11 is 0. The highest BCUT2D eigenvalue weighted by molar-refractivity contribution is 4.84. The monoisotopic (exact) mass is 196 g/mol. The van der Waals surface area contributed by atoms with Crippen LogP contribution < -0.4 is 0 Å². The predicted octanol–water partition coefficient (Wildman–Crippen LogP) is 1.53. The first-order valence-corrected chi connectivity index (χ1v) is 5.58. The van der Waals surface area contributed by atoms with Crippen molar-refractivity contribution in [2.75, 3.05) is 13.1 Å².